The van der Waals surface area contributed by atoms with Gasteiger partial charge in [0.1, 0.15) is 0 Å². The highest BCUT2D eigenvalue weighted by Crippen LogP contribution is 2.20. The van der Waals surface area contributed by atoms with Gasteiger partial charge in [0.05, 0.1) is 12.7 Å². The van der Waals surface area contributed by atoms with E-state index in [1.54, 1.807) is 0 Å². The predicted molar refractivity (Wildman–Crippen MR) is 93.6 cm³/mol. The molecule has 1 aromatic carbocycles. The minimum Gasteiger partial charge on any atom is -0.377 e. The standard InChI is InChI=1S/C17H29BrN2O/c1-5-8-19-12-15-6-7-16(17(18)11-15)13-20(4)9-10-21-14(2)3/h6-7,11,14,19H,5,8-10,12-13H2,1-4H3. The van der Waals surface area contributed by atoms with Crippen molar-refractivity contribution in [1.29, 1.82) is 0 Å². The van der Waals surface area contributed by atoms with Crippen LogP contribution in [0.15, 0.2) is 22.7 Å². The molecule has 0 aliphatic rings. The minimum absolute atomic E-state index is 0.306. The average molecular weight is 357 g/mol. The first-order valence-corrected chi connectivity index (χ1v) is 8.60. The Balaban J connectivity index is 2.44. The summed E-state index contributed by atoms with van der Waals surface area (Å²) in [6.45, 7) is 11.0. The molecule has 0 saturated carbocycles. The molecule has 0 spiro atoms. The highest BCUT2D eigenvalue weighted by atomic mass is 79.9. The fourth-order valence-electron chi connectivity index (χ4n) is 2.05. The molecule has 0 heterocycles. The van der Waals surface area contributed by atoms with Crippen molar-refractivity contribution < 1.29 is 4.74 Å². The van der Waals surface area contributed by atoms with Gasteiger partial charge in [0, 0.05) is 24.1 Å². The Morgan fingerprint density at radius 3 is 2.71 bits per heavy atom. The molecule has 0 amide bonds. The number of ether oxygens (including phenoxy) is 1. The fourth-order valence-corrected chi connectivity index (χ4v) is 2.60. The van der Waals surface area contributed by atoms with Gasteiger partial charge in [-0.25, -0.2) is 0 Å². The van der Waals surface area contributed by atoms with Crippen molar-refractivity contribution in [2.24, 2.45) is 0 Å². The van der Waals surface area contributed by atoms with Crippen LogP contribution in [0.2, 0.25) is 0 Å². The monoisotopic (exact) mass is 356 g/mol. The maximum absolute atomic E-state index is 5.59. The summed E-state index contributed by atoms with van der Waals surface area (Å²) in [5, 5.41) is 3.43. The average Bonchev–Trinajstić information content (AvgIpc) is 2.41. The second-order valence-electron chi connectivity index (χ2n) is 5.76. The molecule has 0 unspecified atom stereocenters. The molecule has 21 heavy (non-hydrogen) atoms. The first-order chi connectivity index (χ1) is 10.0. The Hall–Kier alpha value is -0.420. The topological polar surface area (TPSA) is 24.5 Å². The summed E-state index contributed by atoms with van der Waals surface area (Å²) in [7, 11) is 2.13. The molecule has 1 N–H and O–H groups in total. The Morgan fingerprint density at radius 1 is 1.33 bits per heavy atom. The van der Waals surface area contributed by atoms with Gasteiger partial charge in [0.2, 0.25) is 0 Å². The molecule has 3 nitrogen and oxygen atoms in total. The van der Waals surface area contributed by atoms with E-state index in [9.17, 15) is 0 Å². The van der Waals surface area contributed by atoms with Gasteiger partial charge in [0.15, 0.2) is 0 Å². The Kier molecular flexibility index (Phi) is 9.16. The zero-order valence-electron chi connectivity index (χ0n) is 13.8. The lowest BCUT2D eigenvalue weighted by Gasteiger charge is -2.19. The maximum Gasteiger partial charge on any atom is 0.0596 e. The zero-order valence-corrected chi connectivity index (χ0v) is 15.4. The van der Waals surface area contributed by atoms with Crippen LogP contribution in [0.4, 0.5) is 0 Å². The first kappa shape index (κ1) is 18.6. The van der Waals surface area contributed by atoms with Gasteiger partial charge in [-0.05, 0) is 51.1 Å². The lowest BCUT2D eigenvalue weighted by molar-refractivity contribution is 0.0627. The van der Waals surface area contributed by atoms with Crippen LogP contribution in [-0.4, -0.2) is 37.7 Å². The molecule has 0 aromatic heterocycles. The van der Waals surface area contributed by atoms with Gasteiger partial charge in [-0.2, -0.15) is 0 Å². The summed E-state index contributed by atoms with van der Waals surface area (Å²) in [6.07, 6.45) is 1.47. The van der Waals surface area contributed by atoms with Crippen LogP contribution in [0, 0.1) is 0 Å². The van der Waals surface area contributed by atoms with Crippen molar-refractivity contribution in [1.82, 2.24) is 10.2 Å². The van der Waals surface area contributed by atoms with Crippen molar-refractivity contribution in [3.8, 4) is 0 Å². The second-order valence-corrected chi connectivity index (χ2v) is 6.61. The smallest absolute Gasteiger partial charge is 0.0596 e. The van der Waals surface area contributed by atoms with Gasteiger partial charge >= 0.3 is 0 Å². The number of nitrogens with one attached hydrogen (secondary N) is 1. The van der Waals surface area contributed by atoms with Gasteiger partial charge < -0.3 is 10.1 Å². The fraction of sp³-hybridized carbons (Fsp3) is 0.647. The van der Waals surface area contributed by atoms with E-state index in [0.29, 0.717) is 6.10 Å². The minimum atomic E-state index is 0.306. The highest BCUT2D eigenvalue weighted by molar-refractivity contribution is 9.10. The summed E-state index contributed by atoms with van der Waals surface area (Å²) >= 11 is 3.69. The van der Waals surface area contributed by atoms with Crippen LogP contribution in [-0.2, 0) is 17.8 Å². The van der Waals surface area contributed by atoms with Gasteiger partial charge in [-0.3, -0.25) is 4.90 Å². The van der Waals surface area contributed by atoms with Crippen molar-refractivity contribution in [3.63, 3.8) is 0 Å². The number of benzene rings is 1. The number of halogens is 1. The molecule has 0 radical (unpaired) electrons. The molecule has 120 valence electrons. The van der Waals surface area contributed by atoms with Crippen LogP contribution >= 0.6 is 15.9 Å². The Labute approximate surface area is 138 Å². The highest BCUT2D eigenvalue weighted by Gasteiger charge is 2.06. The summed E-state index contributed by atoms with van der Waals surface area (Å²) < 4.78 is 6.78. The molecule has 0 aliphatic heterocycles. The van der Waals surface area contributed by atoms with E-state index in [-0.39, 0.29) is 0 Å². The van der Waals surface area contributed by atoms with Crippen LogP contribution in [0.3, 0.4) is 0 Å². The van der Waals surface area contributed by atoms with Crippen LogP contribution in [0.1, 0.15) is 38.3 Å². The summed E-state index contributed by atoms with van der Waals surface area (Å²) in [5.41, 5.74) is 2.64. The molecule has 0 aliphatic carbocycles. The van der Waals surface area contributed by atoms with Crippen LogP contribution in [0.25, 0.3) is 0 Å². The van der Waals surface area contributed by atoms with Gasteiger partial charge in [-0.1, -0.05) is 35.0 Å². The third-order valence-corrected chi connectivity index (χ3v) is 3.98. The molecular formula is C17H29BrN2O. The maximum atomic E-state index is 5.59. The molecule has 0 bridgehead atoms. The molecule has 1 aromatic rings. The second kappa shape index (κ2) is 10.3. The van der Waals surface area contributed by atoms with Crippen LogP contribution in [0.5, 0.6) is 0 Å². The molecule has 0 saturated heterocycles. The number of hydrogen-bond acceptors (Lipinski definition) is 3. The zero-order chi connectivity index (χ0) is 15.7. The van der Waals surface area contributed by atoms with Crippen LogP contribution < -0.4 is 5.32 Å². The predicted octanol–water partition coefficient (Wildman–Crippen LogP) is 3.81. The SMILES string of the molecule is CCCNCc1ccc(CN(C)CCOC(C)C)c(Br)c1. The van der Waals surface area contributed by atoms with Crippen molar-refractivity contribution >= 4 is 15.9 Å². The van der Waals surface area contributed by atoms with E-state index in [2.05, 4.69) is 72.2 Å². The van der Waals surface area contributed by atoms with E-state index in [0.717, 1.165) is 32.8 Å². The Morgan fingerprint density at radius 2 is 2.10 bits per heavy atom. The summed E-state index contributed by atoms with van der Waals surface area (Å²) in [6, 6.07) is 6.64. The normalized spacial score (nSPS) is 11.6. The molecule has 1 rings (SSSR count). The van der Waals surface area contributed by atoms with E-state index in [1.807, 2.05) is 0 Å². The lowest BCUT2D eigenvalue weighted by atomic mass is 10.1. The molecule has 0 atom stereocenters. The van der Waals surface area contributed by atoms with Gasteiger partial charge in [0.25, 0.3) is 0 Å². The largest absolute Gasteiger partial charge is 0.377 e. The molecule has 0 fully saturated rings. The van der Waals surface area contributed by atoms with E-state index >= 15 is 0 Å². The lowest BCUT2D eigenvalue weighted by Crippen LogP contribution is -2.24. The third-order valence-electron chi connectivity index (χ3n) is 3.24. The van der Waals surface area contributed by atoms with Crippen molar-refractivity contribution in [2.45, 2.75) is 46.4 Å². The molecular weight excluding hydrogens is 328 g/mol. The molecule has 4 heteroatoms. The van der Waals surface area contributed by atoms with E-state index < -0.39 is 0 Å². The van der Waals surface area contributed by atoms with Crippen molar-refractivity contribution in [3.05, 3.63) is 33.8 Å². The summed E-state index contributed by atoms with van der Waals surface area (Å²) in [5.74, 6) is 0. The quantitative estimate of drug-likeness (QED) is 0.645. The Bertz CT molecular complexity index is 410. The van der Waals surface area contributed by atoms with Gasteiger partial charge in [-0.15, -0.1) is 0 Å². The number of hydrogen-bond donors (Lipinski definition) is 1. The van der Waals surface area contributed by atoms with Crippen molar-refractivity contribution in [2.75, 3.05) is 26.7 Å². The summed E-state index contributed by atoms with van der Waals surface area (Å²) in [4.78, 5) is 2.29. The van der Waals surface area contributed by atoms with E-state index in [1.165, 1.54) is 22.0 Å². The number of rotatable bonds is 10. The number of likely N-dealkylation sites (N-methyl/N-ethyl adjacent to an activating group) is 1. The first-order valence-electron chi connectivity index (χ1n) is 7.81. The third kappa shape index (κ3) is 7.96. The van der Waals surface area contributed by atoms with E-state index in [4.69, 9.17) is 4.74 Å². The number of nitrogens with zero attached hydrogens (tertiary/aromatic N) is 1.